The van der Waals surface area contributed by atoms with E-state index in [-0.39, 0.29) is 5.56 Å². The Balaban J connectivity index is 1.76. The Hall–Kier alpha value is -2.14. The summed E-state index contributed by atoms with van der Waals surface area (Å²) < 4.78 is 5.01. The second kappa shape index (κ2) is 4.27. The summed E-state index contributed by atoms with van der Waals surface area (Å²) in [6.07, 6.45) is 1.25. The lowest BCUT2D eigenvalue weighted by atomic mass is 10.1. The van der Waals surface area contributed by atoms with Crippen LogP contribution < -0.4 is 0 Å². The van der Waals surface area contributed by atoms with Crippen LogP contribution >= 0.6 is 0 Å². The lowest BCUT2D eigenvalue weighted by Crippen LogP contribution is -2.16. The first-order valence-corrected chi connectivity index (χ1v) is 5.70. The number of hydrogen-bond acceptors (Lipinski definition) is 4. The molecule has 0 fully saturated rings. The van der Waals surface area contributed by atoms with Gasteiger partial charge in [-0.1, -0.05) is 29.4 Å². The van der Waals surface area contributed by atoms with Gasteiger partial charge < -0.3 is 9.63 Å². The van der Waals surface area contributed by atoms with E-state index in [9.17, 15) is 4.79 Å². The summed E-state index contributed by atoms with van der Waals surface area (Å²) in [5, 5.41) is 12.5. The predicted octanol–water partition coefficient (Wildman–Crippen LogP) is 1.89. The molecular weight excluding hydrogens is 232 g/mol. The molecule has 5 nitrogen and oxygen atoms in total. The van der Waals surface area contributed by atoms with Gasteiger partial charge in [-0.3, -0.25) is 4.90 Å². The average Bonchev–Trinajstić information content (AvgIpc) is 2.94. The van der Waals surface area contributed by atoms with Crippen molar-refractivity contribution >= 4 is 5.97 Å². The second-order valence-corrected chi connectivity index (χ2v) is 4.38. The highest BCUT2D eigenvalue weighted by Gasteiger charge is 2.22. The Labute approximate surface area is 104 Å². The number of fused-ring (bicyclic) bond motifs is 1. The number of carboxylic acid groups (broad SMARTS) is 1. The van der Waals surface area contributed by atoms with E-state index < -0.39 is 5.97 Å². The summed E-state index contributed by atoms with van der Waals surface area (Å²) in [4.78, 5) is 13.1. The smallest absolute Gasteiger partial charge is 0.341 e. The molecule has 0 bridgehead atoms. The number of rotatable bonds is 3. The zero-order chi connectivity index (χ0) is 12.5. The number of carboxylic acids is 1. The molecule has 0 atom stereocenters. The van der Waals surface area contributed by atoms with Crippen LogP contribution in [0.25, 0.3) is 0 Å². The molecule has 0 amide bonds. The first-order valence-electron chi connectivity index (χ1n) is 5.70. The maximum Gasteiger partial charge on any atom is 0.341 e. The van der Waals surface area contributed by atoms with Gasteiger partial charge in [-0.2, -0.15) is 0 Å². The molecule has 0 radical (unpaired) electrons. The highest BCUT2D eigenvalue weighted by molar-refractivity contribution is 5.88. The average molecular weight is 244 g/mol. The lowest BCUT2D eigenvalue weighted by Gasteiger charge is -2.12. The Morgan fingerprint density at radius 3 is 2.61 bits per heavy atom. The fourth-order valence-corrected chi connectivity index (χ4v) is 2.27. The Morgan fingerprint density at radius 1 is 1.33 bits per heavy atom. The van der Waals surface area contributed by atoms with Crippen molar-refractivity contribution in [3.63, 3.8) is 0 Å². The summed E-state index contributed by atoms with van der Waals surface area (Å²) in [6.45, 7) is 2.10. The molecule has 1 N–H and O–H groups in total. The number of aromatic nitrogens is 1. The minimum absolute atomic E-state index is 0.144. The standard InChI is InChI=1S/C13H12N2O3/c16-13(17)11-5-14-18-12(11)8-15-6-9-3-1-2-4-10(9)7-15/h1-5H,6-8H2,(H,16,17). The Morgan fingerprint density at radius 2 is 2.00 bits per heavy atom. The van der Waals surface area contributed by atoms with E-state index >= 15 is 0 Å². The van der Waals surface area contributed by atoms with Crippen molar-refractivity contribution < 1.29 is 14.4 Å². The monoisotopic (exact) mass is 244 g/mol. The van der Waals surface area contributed by atoms with Crippen LogP contribution in [-0.2, 0) is 19.6 Å². The van der Waals surface area contributed by atoms with E-state index in [1.54, 1.807) is 0 Å². The molecule has 5 heteroatoms. The van der Waals surface area contributed by atoms with Crippen LogP contribution in [0, 0.1) is 0 Å². The lowest BCUT2D eigenvalue weighted by molar-refractivity contribution is 0.0692. The van der Waals surface area contributed by atoms with Crippen molar-refractivity contribution in [2.24, 2.45) is 0 Å². The number of hydrogen-bond donors (Lipinski definition) is 1. The van der Waals surface area contributed by atoms with Gasteiger partial charge in [0.25, 0.3) is 0 Å². The molecule has 92 valence electrons. The van der Waals surface area contributed by atoms with Crippen molar-refractivity contribution in [1.82, 2.24) is 10.1 Å². The summed E-state index contributed by atoms with van der Waals surface area (Å²) in [6, 6.07) is 8.21. The molecule has 2 aromatic rings. The maximum atomic E-state index is 11.0. The van der Waals surface area contributed by atoms with Gasteiger partial charge in [0.05, 0.1) is 12.7 Å². The predicted molar refractivity (Wildman–Crippen MR) is 62.9 cm³/mol. The summed E-state index contributed by atoms with van der Waals surface area (Å²) in [7, 11) is 0. The third kappa shape index (κ3) is 1.89. The minimum Gasteiger partial charge on any atom is -0.478 e. The van der Waals surface area contributed by atoms with Gasteiger partial charge >= 0.3 is 5.97 Å². The Kier molecular flexibility index (Phi) is 2.60. The zero-order valence-electron chi connectivity index (χ0n) is 9.67. The van der Waals surface area contributed by atoms with Gasteiger partial charge in [-0.15, -0.1) is 0 Å². The third-order valence-electron chi connectivity index (χ3n) is 3.15. The summed E-state index contributed by atoms with van der Waals surface area (Å²) >= 11 is 0. The fourth-order valence-electron chi connectivity index (χ4n) is 2.27. The van der Waals surface area contributed by atoms with E-state index in [1.165, 1.54) is 17.3 Å². The Bertz CT molecular complexity index is 566. The molecule has 3 rings (SSSR count). The van der Waals surface area contributed by atoms with E-state index in [1.807, 2.05) is 12.1 Å². The first-order chi connectivity index (χ1) is 8.74. The second-order valence-electron chi connectivity index (χ2n) is 4.38. The molecule has 1 aromatic carbocycles. The van der Waals surface area contributed by atoms with Crippen LogP contribution in [0.2, 0.25) is 0 Å². The highest BCUT2D eigenvalue weighted by Crippen LogP contribution is 2.24. The van der Waals surface area contributed by atoms with Gasteiger partial charge in [-0.05, 0) is 11.1 Å². The quantitative estimate of drug-likeness (QED) is 0.893. The topological polar surface area (TPSA) is 66.6 Å². The number of nitrogens with zero attached hydrogens (tertiary/aromatic N) is 2. The normalized spacial score (nSPS) is 14.7. The highest BCUT2D eigenvalue weighted by atomic mass is 16.5. The van der Waals surface area contributed by atoms with Crippen LogP contribution in [0.5, 0.6) is 0 Å². The molecule has 0 unspecified atom stereocenters. The van der Waals surface area contributed by atoms with Crippen molar-refractivity contribution in [3.05, 3.63) is 52.9 Å². The van der Waals surface area contributed by atoms with E-state index in [4.69, 9.17) is 9.63 Å². The minimum atomic E-state index is -0.997. The van der Waals surface area contributed by atoms with Crippen molar-refractivity contribution in [2.75, 3.05) is 0 Å². The van der Waals surface area contributed by atoms with Gasteiger partial charge in [0.2, 0.25) is 0 Å². The van der Waals surface area contributed by atoms with Gasteiger partial charge in [0.1, 0.15) is 5.56 Å². The summed E-state index contributed by atoms with van der Waals surface area (Å²) in [5.74, 6) is -0.585. The van der Waals surface area contributed by atoms with E-state index in [0.717, 1.165) is 13.1 Å². The fraction of sp³-hybridized carbons (Fsp3) is 0.231. The molecule has 1 aliphatic rings. The number of carbonyl (C=O) groups is 1. The maximum absolute atomic E-state index is 11.0. The SMILES string of the molecule is O=C(O)c1cnoc1CN1Cc2ccccc2C1. The van der Waals surface area contributed by atoms with Crippen LogP contribution in [0.1, 0.15) is 27.2 Å². The van der Waals surface area contributed by atoms with Crippen LogP contribution in [0.3, 0.4) is 0 Å². The largest absolute Gasteiger partial charge is 0.478 e. The molecular formula is C13H12N2O3. The molecule has 1 aromatic heterocycles. The van der Waals surface area contributed by atoms with E-state index in [2.05, 4.69) is 22.2 Å². The van der Waals surface area contributed by atoms with Crippen molar-refractivity contribution in [1.29, 1.82) is 0 Å². The van der Waals surface area contributed by atoms with Crippen molar-refractivity contribution in [3.8, 4) is 0 Å². The third-order valence-corrected chi connectivity index (χ3v) is 3.15. The number of benzene rings is 1. The number of aromatic carboxylic acids is 1. The molecule has 2 heterocycles. The molecule has 1 aliphatic heterocycles. The van der Waals surface area contributed by atoms with Gasteiger partial charge in [0, 0.05) is 13.1 Å². The van der Waals surface area contributed by atoms with Crippen LogP contribution in [0.15, 0.2) is 35.0 Å². The molecule has 0 aliphatic carbocycles. The zero-order valence-corrected chi connectivity index (χ0v) is 9.67. The van der Waals surface area contributed by atoms with Crippen LogP contribution in [-0.4, -0.2) is 21.1 Å². The van der Waals surface area contributed by atoms with E-state index in [0.29, 0.717) is 12.3 Å². The van der Waals surface area contributed by atoms with Crippen LogP contribution in [0.4, 0.5) is 0 Å². The van der Waals surface area contributed by atoms with Crippen molar-refractivity contribution in [2.45, 2.75) is 19.6 Å². The molecule has 0 spiro atoms. The van der Waals surface area contributed by atoms with Gasteiger partial charge in [0.15, 0.2) is 5.76 Å². The summed E-state index contributed by atoms with van der Waals surface area (Å²) in [5.41, 5.74) is 2.72. The van der Waals surface area contributed by atoms with Gasteiger partial charge in [-0.25, -0.2) is 4.79 Å². The first kappa shape index (κ1) is 11.0. The molecule has 18 heavy (non-hydrogen) atoms. The molecule has 0 saturated heterocycles. The molecule has 0 saturated carbocycles.